The lowest BCUT2D eigenvalue weighted by molar-refractivity contribution is 0.304. The Morgan fingerprint density at radius 1 is 1.15 bits per heavy atom. The van der Waals surface area contributed by atoms with E-state index in [-0.39, 0.29) is 6.04 Å². The summed E-state index contributed by atoms with van der Waals surface area (Å²) in [6, 6.07) is -0.105. The van der Waals surface area contributed by atoms with Gasteiger partial charge in [-0.2, -0.15) is 4.98 Å². The van der Waals surface area contributed by atoms with Crippen molar-refractivity contribution in [2.45, 2.75) is 50.5 Å². The summed E-state index contributed by atoms with van der Waals surface area (Å²) in [7, 11) is 0. The van der Waals surface area contributed by atoms with Gasteiger partial charge < -0.3 is 15.2 Å². The molecule has 5 heteroatoms. The van der Waals surface area contributed by atoms with Gasteiger partial charge in [-0.1, -0.05) is 18.0 Å². The highest BCUT2D eigenvalue weighted by Crippen LogP contribution is 2.60. The third-order valence-corrected chi connectivity index (χ3v) is 5.38. The number of likely N-dealkylation sites (tertiary alicyclic amines) is 1. The summed E-state index contributed by atoms with van der Waals surface area (Å²) in [5.74, 6) is 3.72. The maximum absolute atomic E-state index is 6.23. The molecule has 3 fully saturated rings. The number of fused-ring (bicyclic) bond motifs is 1. The Balaban J connectivity index is 1.40. The van der Waals surface area contributed by atoms with Crippen molar-refractivity contribution in [3.63, 3.8) is 0 Å². The van der Waals surface area contributed by atoms with Crippen LogP contribution in [0, 0.1) is 11.8 Å². The smallest absolute Gasteiger partial charge is 0.230 e. The number of aromatic nitrogens is 2. The minimum absolute atomic E-state index is 0.105. The van der Waals surface area contributed by atoms with E-state index in [1.165, 1.54) is 38.5 Å². The molecule has 2 heterocycles. The van der Waals surface area contributed by atoms with E-state index < -0.39 is 0 Å². The van der Waals surface area contributed by atoms with Gasteiger partial charge >= 0.3 is 0 Å². The summed E-state index contributed by atoms with van der Waals surface area (Å²) >= 11 is 0. The highest BCUT2D eigenvalue weighted by Gasteiger charge is 2.54. The minimum atomic E-state index is -0.105. The lowest BCUT2D eigenvalue weighted by Gasteiger charge is -2.17. The Hall–Kier alpha value is -0.940. The Morgan fingerprint density at radius 2 is 1.85 bits per heavy atom. The standard InChI is InChI=1S/C15H24N4O/c16-12(9-19-7-3-4-8-19)14-17-15(20-18-14)13-10-5-1-2-6-11(10)13/h10-13H,1-9,16H2. The van der Waals surface area contributed by atoms with Crippen LogP contribution >= 0.6 is 0 Å². The fourth-order valence-electron chi connectivity index (χ4n) is 4.22. The summed E-state index contributed by atoms with van der Waals surface area (Å²) < 4.78 is 5.51. The molecule has 1 aromatic heterocycles. The molecule has 110 valence electrons. The van der Waals surface area contributed by atoms with Crippen LogP contribution < -0.4 is 5.73 Å². The second kappa shape index (κ2) is 5.11. The average molecular weight is 276 g/mol. The van der Waals surface area contributed by atoms with Gasteiger partial charge in [0.1, 0.15) is 0 Å². The van der Waals surface area contributed by atoms with E-state index in [0.717, 1.165) is 37.4 Å². The Morgan fingerprint density at radius 3 is 2.55 bits per heavy atom. The van der Waals surface area contributed by atoms with Crippen LogP contribution in [0.5, 0.6) is 0 Å². The molecule has 2 saturated carbocycles. The second-order valence-corrected chi connectivity index (χ2v) is 6.74. The Bertz CT molecular complexity index is 456. The summed E-state index contributed by atoms with van der Waals surface area (Å²) in [5, 5.41) is 4.14. The molecule has 0 radical (unpaired) electrons. The van der Waals surface area contributed by atoms with E-state index >= 15 is 0 Å². The van der Waals surface area contributed by atoms with Gasteiger partial charge in [-0.3, -0.25) is 0 Å². The van der Waals surface area contributed by atoms with Crippen molar-refractivity contribution >= 4 is 0 Å². The zero-order chi connectivity index (χ0) is 13.5. The fraction of sp³-hybridized carbons (Fsp3) is 0.867. The predicted molar refractivity (Wildman–Crippen MR) is 75.1 cm³/mol. The van der Waals surface area contributed by atoms with Gasteiger partial charge in [-0.25, -0.2) is 0 Å². The van der Waals surface area contributed by atoms with Crippen molar-refractivity contribution in [1.82, 2.24) is 15.0 Å². The first-order valence-electron chi connectivity index (χ1n) is 8.14. The summed E-state index contributed by atoms with van der Waals surface area (Å²) in [6.45, 7) is 3.17. The molecule has 2 aliphatic carbocycles. The molecule has 5 nitrogen and oxygen atoms in total. The molecule has 1 aliphatic heterocycles. The number of nitrogens with zero attached hydrogens (tertiary/aromatic N) is 3. The van der Waals surface area contributed by atoms with Crippen LogP contribution in [-0.2, 0) is 0 Å². The lowest BCUT2D eigenvalue weighted by Crippen LogP contribution is -2.30. The minimum Gasteiger partial charge on any atom is -0.339 e. The molecule has 1 saturated heterocycles. The van der Waals surface area contributed by atoms with Crippen molar-refractivity contribution in [3.8, 4) is 0 Å². The second-order valence-electron chi connectivity index (χ2n) is 6.74. The van der Waals surface area contributed by atoms with Gasteiger partial charge in [0.05, 0.1) is 6.04 Å². The molecule has 3 atom stereocenters. The fourth-order valence-corrected chi connectivity index (χ4v) is 4.22. The van der Waals surface area contributed by atoms with Gasteiger partial charge in [-0.15, -0.1) is 0 Å². The van der Waals surface area contributed by atoms with E-state index in [1.54, 1.807) is 0 Å². The van der Waals surface area contributed by atoms with E-state index in [1.807, 2.05) is 0 Å². The van der Waals surface area contributed by atoms with E-state index in [0.29, 0.717) is 11.7 Å². The van der Waals surface area contributed by atoms with Crippen molar-refractivity contribution in [2.75, 3.05) is 19.6 Å². The van der Waals surface area contributed by atoms with Crippen molar-refractivity contribution < 1.29 is 4.52 Å². The highest BCUT2D eigenvalue weighted by molar-refractivity contribution is 5.15. The lowest BCUT2D eigenvalue weighted by atomic mass is 10.0. The normalized spacial score (nSPS) is 35.0. The molecule has 2 N–H and O–H groups in total. The van der Waals surface area contributed by atoms with Crippen LogP contribution in [-0.4, -0.2) is 34.7 Å². The van der Waals surface area contributed by atoms with Crippen LogP contribution in [0.2, 0.25) is 0 Å². The van der Waals surface area contributed by atoms with Gasteiger partial charge in [0.15, 0.2) is 5.82 Å². The molecule has 1 aromatic rings. The molecule has 4 rings (SSSR count). The summed E-state index contributed by atoms with van der Waals surface area (Å²) in [5.41, 5.74) is 6.23. The molecular weight excluding hydrogens is 252 g/mol. The van der Waals surface area contributed by atoms with E-state index in [2.05, 4.69) is 15.0 Å². The quantitative estimate of drug-likeness (QED) is 0.911. The third kappa shape index (κ3) is 2.27. The molecule has 0 bridgehead atoms. The molecule has 0 spiro atoms. The van der Waals surface area contributed by atoms with Crippen LogP contribution in [0.15, 0.2) is 4.52 Å². The number of nitrogens with two attached hydrogens (primary N) is 1. The molecule has 3 unspecified atom stereocenters. The molecule has 20 heavy (non-hydrogen) atoms. The number of rotatable bonds is 4. The highest BCUT2D eigenvalue weighted by atomic mass is 16.5. The van der Waals surface area contributed by atoms with Gasteiger partial charge in [0.2, 0.25) is 5.89 Å². The van der Waals surface area contributed by atoms with Crippen LogP contribution in [0.25, 0.3) is 0 Å². The van der Waals surface area contributed by atoms with E-state index in [4.69, 9.17) is 10.3 Å². The van der Waals surface area contributed by atoms with Gasteiger partial charge in [0, 0.05) is 12.5 Å². The van der Waals surface area contributed by atoms with Crippen LogP contribution in [0.1, 0.15) is 62.2 Å². The first-order valence-corrected chi connectivity index (χ1v) is 8.14. The van der Waals surface area contributed by atoms with Crippen molar-refractivity contribution in [1.29, 1.82) is 0 Å². The topological polar surface area (TPSA) is 68.2 Å². The summed E-state index contributed by atoms with van der Waals surface area (Å²) in [4.78, 5) is 7.01. The first-order chi connectivity index (χ1) is 9.83. The Kier molecular flexibility index (Phi) is 3.27. The molecule has 3 aliphatic rings. The number of hydrogen-bond acceptors (Lipinski definition) is 5. The van der Waals surface area contributed by atoms with Crippen LogP contribution in [0.4, 0.5) is 0 Å². The van der Waals surface area contributed by atoms with Gasteiger partial charge in [-0.05, 0) is 50.6 Å². The zero-order valence-electron chi connectivity index (χ0n) is 12.0. The van der Waals surface area contributed by atoms with Crippen molar-refractivity contribution in [2.24, 2.45) is 17.6 Å². The largest absolute Gasteiger partial charge is 0.339 e. The molecule has 0 aromatic carbocycles. The monoisotopic (exact) mass is 276 g/mol. The molecule has 0 amide bonds. The van der Waals surface area contributed by atoms with Crippen molar-refractivity contribution in [3.05, 3.63) is 11.7 Å². The maximum atomic E-state index is 6.23. The summed E-state index contributed by atoms with van der Waals surface area (Å²) in [6.07, 6.45) is 7.99. The first kappa shape index (κ1) is 12.8. The zero-order valence-corrected chi connectivity index (χ0v) is 12.0. The maximum Gasteiger partial charge on any atom is 0.230 e. The van der Waals surface area contributed by atoms with Gasteiger partial charge in [0.25, 0.3) is 0 Å². The van der Waals surface area contributed by atoms with Crippen LogP contribution in [0.3, 0.4) is 0 Å². The third-order valence-electron chi connectivity index (χ3n) is 5.38. The average Bonchev–Trinajstić information content (AvgIpc) is 2.86. The SMILES string of the molecule is NC(CN1CCCC1)c1noc(C2C3CCCCC32)n1. The molecular formula is C15H24N4O. The Labute approximate surface area is 119 Å². The van der Waals surface area contributed by atoms with E-state index in [9.17, 15) is 0 Å². The predicted octanol–water partition coefficient (Wildman–Crippen LogP) is 2.07. The number of hydrogen-bond donors (Lipinski definition) is 1.